The molecule has 5 nitrogen and oxygen atoms in total. The zero-order valence-corrected chi connectivity index (χ0v) is 20.8. The molecule has 0 aliphatic rings. The van der Waals surface area contributed by atoms with Crippen molar-refractivity contribution in [3.63, 3.8) is 0 Å². The first-order chi connectivity index (χ1) is 16.8. The number of halogens is 1. The fraction of sp³-hybridized carbons (Fsp3) is 0.138. The number of nitrogens with zero attached hydrogens (tertiary/aromatic N) is 3. The van der Waals surface area contributed by atoms with Gasteiger partial charge in [-0.15, -0.1) is 0 Å². The Hall–Kier alpha value is -3.96. The summed E-state index contributed by atoms with van der Waals surface area (Å²) < 4.78 is 2.13. The number of carbonyl (C=O) groups excluding carboxylic acids is 1. The first kappa shape index (κ1) is 22.8. The lowest BCUT2D eigenvalue weighted by molar-refractivity contribution is 0.0956. The van der Waals surface area contributed by atoms with E-state index in [9.17, 15) is 4.79 Å². The number of benzene rings is 3. The van der Waals surface area contributed by atoms with Crippen LogP contribution in [0.2, 0.25) is 5.02 Å². The van der Waals surface area contributed by atoms with Crippen molar-refractivity contribution in [1.29, 1.82) is 0 Å². The third-order valence-electron chi connectivity index (χ3n) is 6.41. The van der Waals surface area contributed by atoms with Gasteiger partial charge in [0, 0.05) is 45.2 Å². The molecule has 5 rings (SSSR count). The van der Waals surface area contributed by atoms with Gasteiger partial charge in [-0.1, -0.05) is 47.0 Å². The van der Waals surface area contributed by atoms with Crippen molar-refractivity contribution in [2.45, 2.75) is 20.8 Å². The van der Waals surface area contributed by atoms with Crippen molar-refractivity contribution in [3.05, 3.63) is 99.7 Å². The van der Waals surface area contributed by atoms with Crippen LogP contribution in [-0.2, 0) is 7.05 Å². The van der Waals surface area contributed by atoms with Gasteiger partial charge in [0.05, 0.1) is 23.0 Å². The number of amides is 1. The summed E-state index contributed by atoms with van der Waals surface area (Å²) in [5.74, 6) is -0.288. The minimum absolute atomic E-state index is 0.288. The lowest BCUT2D eigenvalue weighted by Crippen LogP contribution is -2.18. The van der Waals surface area contributed by atoms with Crippen LogP contribution in [0.15, 0.2) is 71.8 Å². The molecule has 0 bridgehead atoms. The quantitative estimate of drug-likeness (QED) is 0.229. The molecule has 0 aliphatic heterocycles. The topological polar surface area (TPSA) is 59.3 Å². The Kier molecular flexibility index (Phi) is 5.87. The zero-order valence-electron chi connectivity index (χ0n) is 20.1. The van der Waals surface area contributed by atoms with Crippen LogP contribution in [0.1, 0.15) is 32.7 Å². The molecule has 5 aromatic rings. The molecule has 0 spiro atoms. The summed E-state index contributed by atoms with van der Waals surface area (Å²) in [5.41, 5.74) is 11.0. The molecule has 0 saturated carbocycles. The highest BCUT2D eigenvalue weighted by molar-refractivity contribution is 6.30. The smallest absolute Gasteiger partial charge is 0.272 e. The fourth-order valence-corrected chi connectivity index (χ4v) is 4.51. The summed E-state index contributed by atoms with van der Waals surface area (Å²) in [6.07, 6.45) is 1.73. The molecule has 0 atom stereocenters. The summed E-state index contributed by atoms with van der Waals surface area (Å²) in [4.78, 5) is 18.1. The number of hydrazone groups is 1. The van der Waals surface area contributed by atoms with Gasteiger partial charge in [0.25, 0.3) is 5.91 Å². The zero-order chi connectivity index (χ0) is 24.7. The average Bonchev–Trinajstić information content (AvgIpc) is 3.08. The summed E-state index contributed by atoms with van der Waals surface area (Å²) in [5, 5.41) is 6.88. The van der Waals surface area contributed by atoms with Gasteiger partial charge in [0.15, 0.2) is 0 Å². The number of rotatable bonds is 4. The second-order valence-corrected chi connectivity index (χ2v) is 9.30. The second kappa shape index (κ2) is 9.01. The number of fused-ring (bicyclic) bond motifs is 2. The molecule has 2 aromatic heterocycles. The van der Waals surface area contributed by atoms with E-state index in [1.807, 2.05) is 62.5 Å². The minimum Gasteiger partial charge on any atom is -0.347 e. The van der Waals surface area contributed by atoms with E-state index in [-0.39, 0.29) is 5.91 Å². The third kappa shape index (κ3) is 4.31. The second-order valence-electron chi connectivity index (χ2n) is 8.86. The van der Waals surface area contributed by atoms with E-state index in [0.717, 1.165) is 44.2 Å². The predicted molar refractivity (Wildman–Crippen MR) is 144 cm³/mol. The number of aryl methyl sites for hydroxylation is 3. The van der Waals surface area contributed by atoms with E-state index >= 15 is 0 Å². The number of aromatic nitrogens is 2. The molecule has 0 aliphatic carbocycles. The molecule has 1 amide bonds. The molecule has 174 valence electrons. The summed E-state index contributed by atoms with van der Waals surface area (Å²) >= 11 is 6.06. The van der Waals surface area contributed by atoms with Crippen LogP contribution in [0.3, 0.4) is 0 Å². The maximum Gasteiger partial charge on any atom is 0.272 e. The molecular formula is C29H25ClN4O. The Bertz CT molecular complexity index is 1630. The van der Waals surface area contributed by atoms with Gasteiger partial charge in [0.2, 0.25) is 0 Å². The molecule has 1 N–H and O–H groups in total. The Morgan fingerprint density at radius 1 is 0.943 bits per heavy atom. The van der Waals surface area contributed by atoms with E-state index < -0.39 is 0 Å². The fourth-order valence-electron chi connectivity index (χ4n) is 4.39. The van der Waals surface area contributed by atoms with E-state index in [1.165, 1.54) is 5.56 Å². The van der Waals surface area contributed by atoms with Gasteiger partial charge in [-0.2, -0.15) is 5.10 Å². The monoisotopic (exact) mass is 480 g/mol. The lowest BCUT2D eigenvalue weighted by atomic mass is 10.0. The van der Waals surface area contributed by atoms with Crippen molar-refractivity contribution in [2.24, 2.45) is 12.1 Å². The molecule has 6 heteroatoms. The minimum atomic E-state index is -0.288. The van der Waals surface area contributed by atoms with Crippen LogP contribution in [-0.4, -0.2) is 21.7 Å². The number of hydrogen-bond acceptors (Lipinski definition) is 3. The summed E-state index contributed by atoms with van der Waals surface area (Å²) in [6.45, 7) is 6.12. The maximum absolute atomic E-state index is 13.3. The van der Waals surface area contributed by atoms with Gasteiger partial charge in [-0.25, -0.2) is 10.4 Å². The van der Waals surface area contributed by atoms with Crippen molar-refractivity contribution in [1.82, 2.24) is 15.0 Å². The van der Waals surface area contributed by atoms with E-state index in [1.54, 1.807) is 6.21 Å². The number of hydrogen-bond donors (Lipinski definition) is 1. The van der Waals surface area contributed by atoms with E-state index in [0.29, 0.717) is 16.3 Å². The number of carbonyl (C=O) groups is 1. The highest BCUT2D eigenvalue weighted by Crippen LogP contribution is 2.27. The summed E-state index contributed by atoms with van der Waals surface area (Å²) in [6, 6.07) is 21.5. The molecule has 0 radical (unpaired) electrons. The highest BCUT2D eigenvalue weighted by Gasteiger charge is 2.15. The Labute approximate surface area is 209 Å². The van der Waals surface area contributed by atoms with Crippen LogP contribution < -0.4 is 5.43 Å². The largest absolute Gasteiger partial charge is 0.347 e. The molecular weight excluding hydrogens is 456 g/mol. The van der Waals surface area contributed by atoms with Crippen LogP contribution in [0.25, 0.3) is 33.1 Å². The molecule has 0 saturated heterocycles. The van der Waals surface area contributed by atoms with Gasteiger partial charge >= 0.3 is 0 Å². The lowest BCUT2D eigenvalue weighted by Gasteiger charge is -2.10. The van der Waals surface area contributed by atoms with Gasteiger partial charge in [0.1, 0.15) is 0 Å². The average molecular weight is 481 g/mol. The Morgan fingerprint density at radius 3 is 2.37 bits per heavy atom. The number of pyridine rings is 1. The van der Waals surface area contributed by atoms with Gasteiger partial charge in [-0.3, -0.25) is 4.79 Å². The molecule has 3 aromatic carbocycles. The van der Waals surface area contributed by atoms with E-state index in [2.05, 4.69) is 47.1 Å². The normalized spacial score (nSPS) is 11.6. The van der Waals surface area contributed by atoms with Crippen LogP contribution in [0.4, 0.5) is 0 Å². The predicted octanol–water partition coefficient (Wildman–Crippen LogP) is 6.74. The molecule has 2 heterocycles. The third-order valence-corrected chi connectivity index (χ3v) is 6.66. The Balaban J connectivity index is 1.52. The maximum atomic E-state index is 13.3. The highest BCUT2D eigenvalue weighted by atomic mass is 35.5. The molecule has 35 heavy (non-hydrogen) atoms. The molecule has 0 unspecified atom stereocenters. The Morgan fingerprint density at radius 2 is 1.63 bits per heavy atom. The van der Waals surface area contributed by atoms with Gasteiger partial charge in [-0.05, 0) is 63.2 Å². The SMILES string of the molecule is Cc1ccc2nc(-c3ccc(Cl)cc3)cc(C(=O)N/N=C/c3c(C)n(C)c4ccc(C)cc34)c2c1. The summed E-state index contributed by atoms with van der Waals surface area (Å²) in [7, 11) is 2.03. The van der Waals surface area contributed by atoms with Crippen molar-refractivity contribution >= 4 is 45.5 Å². The van der Waals surface area contributed by atoms with Crippen molar-refractivity contribution in [2.75, 3.05) is 0 Å². The van der Waals surface area contributed by atoms with E-state index in [4.69, 9.17) is 16.6 Å². The van der Waals surface area contributed by atoms with Crippen molar-refractivity contribution in [3.8, 4) is 11.3 Å². The van der Waals surface area contributed by atoms with Crippen molar-refractivity contribution < 1.29 is 4.79 Å². The molecule has 0 fully saturated rings. The number of nitrogens with one attached hydrogen (secondary N) is 1. The first-order valence-electron chi connectivity index (χ1n) is 11.4. The van der Waals surface area contributed by atoms with Crippen LogP contribution >= 0.6 is 11.6 Å². The van der Waals surface area contributed by atoms with Crippen LogP contribution in [0, 0.1) is 20.8 Å². The standard InChI is InChI=1S/C29H25ClN4O/c1-17-5-11-26-22(13-17)24(15-27(32-26)20-7-9-21(30)10-8-20)29(35)33-31-16-25-19(3)34(4)28-12-6-18(2)14-23(25)28/h5-16H,1-4H3,(H,33,35)/b31-16+. The first-order valence-corrected chi connectivity index (χ1v) is 11.8. The van der Waals surface area contributed by atoms with Gasteiger partial charge < -0.3 is 4.57 Å². The van der Waals surface area contributed by atoms with Crippen LogP contribution in [0.5, 0.6) is 0 Å².